The Morgan fingerprint density at radius 2 is 1.74 bits per heavy atom. The van der Waals surface area contributed by atoms with Crippen LogP contribution in [0.3, 0.4) is 0 Å². The third-order valence-electron chi connectivity index (χ3n) is 3.30. The van der Waals surface area contributed by atoms with Crippen molar-refractivity contribution < 1.29 is 4.74 Å². The molecule has 0 atom stereocenters. The van der Waals surface area contributed by atoms with Crippen LogP contribution in [0.15, 0.2) is 36.4 Å². The Labute approximate surface area is 143 Å². The normalized spacial score (nSPS) is 10.9. The largest absolute Gasteiger partial charge is 0.492 e. The topological polar surface area (TPSA) is 87.0 Å². The van der Waals surface area contributed by atoms with Crippen molar-refractivity contribution in [3.05, 3.63) is 52.0 Å². The lowest BCUT2D eigenvalue weighted by molar-refractivity contribution is 0.326. The molecule has 0 amide bonds. The number of hydrogen-bond donors (Lipinski definition) is 2. The van der Waals surface area contributed by atoms with Gasteiger partial charge in [-0.25, -0.2) is 4.98 Å². The predicted octanol–water partition coefficient (Wildman–Crippen LogP) is 3.72. The van der Waals surface area contributed by atoms with E-state index in [4.69, 9.17) is 39.4 Å². The van der Waals surface area contributed by atoms with Crippen molar-refractivity contribution in [1.29, 1.82) is 0 Å². The highest BCUT2D eigenvalue weighted by atomic mass is 35.5. The van der Waals surface area contributed by atoms with Gasteiger partial charge in [0.15, 0.2) is 0 Å². The standard InChI is InChI=1S/C16H14Cl2N4O/c17-10-6-9(7-11(18)8-10)4-5-23-13-3-1-2-12-14(13)15(19)22-16(20)21-12/h1-3,6-8H,4-5H2,(H4,19,20,21,22). The van der Waals surface area contributed by atoms with Gasteiger partial charge in [-0.2, -0.15) is 4.98 Å². The van der Waals surface area contributed by atoms with Crippen molar-refractivity contribution in [2.45, 2.75) is 6.42 Å². The summed E-state index contributed by atoms with van der Waals surface area (Å²) < 4.78 is 5.84. The Bertz CT molecular complexity index is 850. The lowest BCUT2D eigenvalue weighted by Crippen LogP contribution is -2.05. The second kappa shape index (κ2) is 6.48. The fourth-order valence-corrected chi connectivity index (χ4v) is 2.92. The minimum Gasteiger partial charge on any atom is -0.492 e. The number of nitrogens with two attached hydrogens (primary N) is 2. The van der Waals surface area contributed by atoms with E-state index in [1.54, 1.807) is 6.07 Å². The van der Waals surface area contributed by atoms with E-state index in [1.807, 2.05) is 30.3 Å². The summed E-state index contributed by atoms with van der Waals surface area (Å²) in [4.78, 5) is 8.14. The average Bonchev–Trinajstić information content (AvgIpc) is 2.45. The van der Waals surface area contributed by atoms with Crippen LogP contribution in [0.5, 0.6) is 5.75 Å². The average molecular weight is 349 g/mol. The van der Waals surface area contributed by atoms with Crippen molar-refractivity contribution >= 4 is 45.9 Å². The molecule has 0 saturated heterocycles. The number of anilines is 2. The molecule has 3 rings (SSSR count). The van der Waals surface area contributed by atoms with Gasteiger partial charge in [0.2, 0.25) is 5.95 Å². The van der Waals surface area contributed by atoms with E-state index in [-0.39, 0.29) is 5.95 Å². The number of aromatic nitrogens is 2. The van der Waals surface area contributed by atoms with Crippen LogP contribution in [0.4, 0.5) is 11.8 Å². The molecule has 7 heteroatoms. The minimum atomic E-state index is 0.140. The second-order valence-electron chi connectivity index (χ2n) is 4.99. The zero-order chi connectivity index (χ0) is 16.4. The second-order valence-corrected chi connectivity index (χ2v) is 5.87. The van der Waals surface area contributed by atoms with E-state index in [1.165, 1.54) is 0 Å². The highest BCUT2D eigenvalue weighted by Gasteiger charge is 2.09. The number of ether oxygens (including phenoxy) is 1. The molecule has 0 spiro atoms. The Morgan fingerprint density at radius 3 is 2.48 bits per heavy atom. The highest BCUT2D eigenvalue weighted by Crippen LogP contribution is 2.29. The zero-order valence-electron chi connectivity index (χ0n) is 12.1. The number of nitrogen functional groups attached to an aromatic ring is 2. The van der Waals surface area contributed by atoms with Crippen LogP contribution < -0.4 is 16.2 Å². The smallest absolute Gasteiger partial charge is 0.222 e. The summed E-state index contributed by atoms with van der Waals surface area (Å²) in [6.45, 7) is 0.444. The molecular weight excluding hydrogens is 335 g/mol. The van der Waals surface area contributed by atoms with Crippen molar-refractivity contribution in [3.8, 4) is 5.75 Å². The van der Waals surface area contributed by atoms with Crippen LogP contribution in [0.2, 0.25) is 10.0 Å². The number of halogens is 2. The molecule has 3 aromatic rings. The van der Waals surface area contributed by atoms with E-state index < -0.39 is 0 Å². The quantitative estimate of drug-likeness (QED) is 0.750. The Balaban J connectivity index is 1.79. The summed E-state index contributed by atoms with van der Waals surface area (Å²) in [5.74, 6) is 1.06. The molecule has 0 saturated carbocycles. The lowest BCUT2D eigenvalue weighted by Gasteiger charge is -2.11. The first-order valence-electron chi connectivity index (χ1n) is 6.92. The monoisotopic (exact) mass is 348 g/mol. The molecule has 1 heterocycles. The molecule has 0 radical (unpaired) electrons. The maximum Gasteiger partial charge on any atom is 0.222 e. The van der Waals surface area contributed by atoms with Crippen LogP contribution in [0.1, 0.15) is 5.56 Å². The van der Waals surface area contributed by atoms with Gasteiger partial charge in [0.1, 0.15) is 11.6 Å². The molecule has 2 aromatic carbocycles. The maximum absolute atomic E-state index is 5.99. The lowest BCUT2D eigenvalue weighted by atomic mass is 10.1. The van der Waals surface area contributed by atoms with E-state index in [0.717, 1.165) is 5.56 Å². The van der Waals surface area contributed by atoms with E-state index in [2.05, 4.69) is 9.97 Å². The van der Waals surface area contributed by atoms with E-state index >= 15 is 0 Å². The number of hydrogen-bond acceptors (Lipinski definition) is 5. The van der Waals surface area contributed by atoms with Crippen LogP contribution >= 0.6 is 23.2 Å². The first kappa shape index (κ1) is 15.6. The first-order valence-corrected chi connectivity index (χ1v) is 7.68. The number of fused-ring (bicyclic) bond motifs is 1. The van der Waals surface area contributed by atoms with Crippen molar-refractivity contribution in [2.75, 3.05) is 18.1 Å². The maximum atomic E-state index is 5.99. The molecule has 0 aliphatic heterocycles. The molecule has 0 fully saturated rings. The van der Waals surface area contributed by atoms with Crippen molar-refractivity contribution in [3.63, 3.8) is 0 Å². The van der Waals surface area contributed by atoms with Crippen LogP contribution in [-0.4, -0.2) is 16.6 Å². The minimum absolute atomic E-state index is 0.140. The summed E-state index contributed by atoms with van der Waals surface area (Å²) in [6, 6.07) is 10.9. The third-order valence-corrected chi connectivity index (χ3v) is 3.74. The third kappa shape index (κ3) is 3.57. The molecule has 118 valence electrons. The Hall–Kier alpha value is -2.24. The summed E-state index contributed by atoms with van der Waals surface area (Å²) in [5, 5.41) is 1.86. The number of nitrogens with zero attached hydrogens (tertiary/aromatic N) is 2. The van der Waals surface area contributed by atoms with Gasteiger partial charge in [-0.3, -0.25) is 0 Å². The van der Waals surface area contributed by atoms with Gasteiger partial charge >= 0.3 is 0 Å². The molecule has 0 bridgehead atoms. The van der Waals surface area contributed by atoms with Gasteiger partial charge in [-0.1, -0.05) is 29.3 Å². The first-order chi connectivity index (χ1) is 11.0. The summed E-state index contributed by atoms with van der Waals surface area (Å²) >= 11 is 12.0. The van der Waals surface area contributed by atoms with Gasteiger partial charge in [-0.15, -0.1) is 0 Å². The van der Waals surface area contributed by atoms with E-state index in [0.29, 0.717) is 45.5 Å². The molecule has 4 N–H and O–H groups in total. The van der Waals surface area contributed by atoms with Crippen molar-refractivity contribution in [2.24, 2.45) is 0 Å². The van der Waals surface area contributed by atoms with Crippen LogP contribution in [0, 0.1) is 0 Å². The predicted molar refractivity (Wildman–Crippen MR) is 94.0 cm³/mol. The van der Waals surface area contributed by atoms with Gasteiger partial charge < -0.3 is 16.2 Å². The molecule has 0 aliphatic carbocycles. The zero-order valence-corrected chi connectivity index (χ0v) is 13.6. The summed E-state index contributed by atoms with van der Waals surface area (Å²) in [6.07, 6.45) is 0.659. The number of benzene rings is 2. The van der Waals surface area contributed by atoms with Crippen molar-refractivity contribution in [1.82, 2.24) is 9.97 Å². The van der Waals surface area contributed by atoms with Crippen LogP contribution in [-0.2, 0) is 6.42 Å². The van der Waals surface area contributed by atoms with Gasteiger partial charge in [0.25, 0.3) is 0 Å². The fourth-order valence-electron chi connectivity index (χ4n) is 2.35. The Morgan fingerprint density at radius 1 is 1.00 bits per heavy atom. The number of rotatable bonds is 4. The molecule has 5 nitrogen and oxygen atoms in total. The van der Waals surface area contributed by atoms with Gasteiger partial charge in [0.05, 0.1) is 17.5 Å². The molecule has 1 aromatic heterocycles. The van der Waals surface area contributed by atoms with Gasteiger partial charge in [-0.05, 0) is 35.9 Å². The van der Waals surface area contributed by atoms with Crippen LogP contribution in [0.25, 0.3) is 10.9 Å². The van der Waals surface area contributed by atoms with Gasteiger partial charge in [0, 0.05) is 16.5 Å². The molecule has 23 heavy (non-hydrogen) atoms. The summed E-state index contributed by atoms with van der Waals surface area (Å²) in [7, 11) is 0. The molecule has 0 unspecified atom stereocenters. The summed E-state index contributed by atoms with van der Waals surface area (Å²) in [5.41, 5.74) is 13.2. The SMILES string of the molecule is Nc1nc(N)c2c(OCCc3cc(Cl)cc(Cl)c3)cccc2n1. The fraction of sp³-hybridized carbons (Fsp3) is 0.125. The van der Waals surface area contributed by atoms with E-state index in [9.17, 15) is 0 Å². The molecular formula is C16H14Cl2N4O. The molecule has 0 aliphatic rings. The Kier molecular flexibility index (Phi) is 4.41. The highest BCUT2D eigenvalue weighted by molar-refractivity contribution is 6.34.